The third-order valence-electron chi connectivity index (χ3n) is 7.81. The molecule has 0 radical (unpaired) electrons. The number of hydrogen-bond donors (Lipinski definition) is 0. The van der Waals surface area contributed by atoms with Crippen molar-refractivity contribution in [2.75, 3.05) is 19.1 Å². The predicted octanol–water partition coefficient (Wildman–Crippen LogP) is 5.37. The molecule has 182 valence electrons. The maximum Gasteiger partial charge on any atom is 0.240 e. The number of halogens is 2. The second-order valence-electron chi connectivity index (χ2n) is 9.23. The van der Waals surface area contributed by atoms with Crippen molar-refractivity contribution >= 4 is 51.8 Å². The van der Waals surface area contributed by atoms with Gasteiger partial charge in [-0.3, -0.25) is 9.59 Å². The lowest BCUT2D eigenvalue weighted by atomic mass is 9.72. The van der Waals surface area contributed by atoms with Crippen molar-refractivity contribution in [3.8, 4) is 0 Å². The SMILES string of the molecule is COC1(OC)[C@@]2(Cl)C(c3ccccc3)=C(c3ccccc3)[C@@]1(Cl)[C@H]1C(=O)N(c3ccccc3)C(=O)[C@H]12. The zero-order valence-corrected chi connectivity index (χ0v) is 21.2. The summed E-state index contributed by atoms with van der Waals surface area (Å²) < 4.78 is 12.1. The van der Waals surface area contributed by atoms with Gasteiger partial charge in [0.25, 0.3) is 0 Å². The molecule has 5 nitrogen and oxygen atoms in total. The van der Waals surface area contributed by atoms with Crippen LogP contribution in [0.3, 0.4) is 0 Å². The van der Waals surface area contributed by atoms with Gasteiger partial charge < -0.3 is 9.47 Å². The van der Waals surface area contributed by atoms with E-state index in [0.29, 0.717) is 16.8 Å². The van der Waals surface area contributed by atoms with Crippen molar-refractivity contribution < 1.29 is 19.1 Å². The molecule has 2 fully saturated rings. The molecule has 1 aliphatic heterocycles. The molecule has 3 aromatic carbocycles. The topological polar surface area (TPSA) is 55.8 Å². The van der Waals surface area contributed by atoms with Crippen LogP contribution in [0.4, 0.5) is 5.69 Å². The van der Waals surface area contributed by atoms with Crippen LogP contribution in [-0.2, 0) is 19.1 Å². The van der Waals surface area contributed by atoms with Gasteiger partial charge in [0.15, 0.2) is 0 Å². The van der Waals surface area contributed by atoms with E-state index in [-0.39, 0.29) is 0 Å². The molecule has 4 atom stereocenters. The molecule has 3 aliphatic rings. The Balaban J connectivity index is 1.70. The first kappa shape index (κ1) is 23.4. The van der Waals surface area contributed by atoms with Crippen LogP contribution in [0.2, 0.25) is 0 Å². The molecule has 2 bridgehead atoms. The minimum atomic E-state index is -1.69. The van der Waals surface area contributed by atoms with E-state index >= 15 is 0 Å². The molecule has 2 aliphatic carbocycles. The Morgan fingerprint density at radius 3 is 1.36 bits per heavy atom. The fourth-order valence-corrected chi connectivity index (χ4v) is 8.08. The second-order valence-corrected chi connectivity index (χ2v) is 10.4. The van der Waals surface area contributed by atoms with E-state index in [2.05, 4.69) is 0 Å². The average molecular weight is 520 g/mol. The van der Waals surface area contributed by atoms with Gasteiger partial charge in [0.2, 0.25) is 17.6 Å². The standard InChI is InChI=1S/C29H23Cl2NO4/c1-35-29(36-2)27(30)21(18-12-6-3-7-13-18)22(19-14-8-4-9-15-19)28(29,31)24-23(27)25(33)32(26(24)34)20-16-10-5-11-17-20/h3-17,23-24H,1-2H3/t23-,24+,27-,28-/m1/s1. The first-order valence-corrected chi connectivity index (χ1v) is 12.4. The van der Waals surface area contributed by atoms with Crippen LogP contribution in [0.1, 0.15) is 11.1 Å². The van der Waals surface area contributed by atoms with E-state index < -0.39 is 39.2 Å². The molecule has 0 aromatic heterocycles. The summed E-state index contributed by atoms with van der Waals surface area (Å²) in [6.45, 7) is 0. The molecular weight excluding hydrogens is 497 g/mol. The third-order valence-corrected chi connectivity index (χ3v) is 9.16. The number of fused-ring (bicyclic) bond motifs is 5. The molecule has 1 saturated heterocycles. The minimum absolute atomic E-state index is 0.423. The molecule has 36 heavy (non-hydrogen) atoms. The number of para-hydroxylation sites is 1. The van der Waals surface area contributed by atoms with Gasteiger partial charge in [-0.1, -0.05) is 78.9 Å². The molecule has 0 unspecified atom stereocenters. The summed E-state index contributed by atoms with van der Waals surface area (Å²) in [6.07, 6.45) is 0. The number of rotatable bonds is 5. The van der Waals surface area contributed by atoms with E-state index in [1.165, 1.54) is 19.1 Å². The molecule has 6 rings (SSSR count). The van der Waals surface area contributed by atoms with Crippen LogP contribution in [0.25, 0.3) is 11.1 Å². The van der Waals surface area contributed by atoms with Crippen molar-refractivity contribution in [2.24, 2.45) is 11.8 Å². The fourth-order valence-electron chi connectivity index (χ4n) is 6.58. The number of carbonyl (C=O) groups is 2. The van der Waals surface area contributed by atoms with Gasteiger partial charge >= 0.3 is 0 Å². The lowest BCUT2D eigenvalue weighted by Gasteiger charge is -2.43. The molecule has 1 heterocycles. The van der Waals surface area contributed by atoms with Gasteiger partial charge in [-0.25, -0.2) is 4.90 Å². The Morgan fingerprint density at radius 1 is 0.639 bits per heavy atom. The van der Waals surface area contributed by atoms with E-state index in [1.54, 1.807) is 24.3 Å². The maximum absolute atomic E-state index is 14.1. The lowest BCUT2D eigenvalue weighted by molar-refractivity contribution is -0.217. The molecule has 7 heteroatoms. The summed E-state index contributed by atoms with van der Waals surface area (Å²) in [4.78, 5) is 26.2. The summed E-state index contributed by atoms with van der Waals surface area (Å²) >= 11 is 15.4. The smallest absolute Gasteiger partial charge is 0.240 e. The second kappa shape index (κ2) is 8.02. The number of ether oxygens (including phenoxy) is 2. The van der Waals surface area contributed by atoms with Gasteiger partial charge in [-0.05, 0) is 34.4 Å². The maximum atomic E-state index is 14.1. The Labute approximate surface area is 219 Å². The summed E-state index contributed by atoms with van der Waals surface area (Å²) in [5.41, 5.74) is 3.30. The van der Waals surface area contributed by atoms with E-state index in [1.807, 2.05) is 66.7 Å². The van der Waals surface area contributed by atoms with Gasteiger partial charge in [-0.2, -0.15) is 0 Å². The number of amides is 2. The highest BCUT2D eigenvalue weighted by Crippen LogP contribution is 2.77. The van der Waals surface area contributed by atoms with Crippen molar-refractivity contribution in [1.82, 2.24) is 0 Å². The van der Waals surface area contributed by atoms with Gasteiger partial charge in [0, 0.05) is 14.2 Å². The van der Waals surface area contributed by atoms with Crippen LogP contribution in [-0.4, -0.2) is 41.6 Å². The van der Waals surface area contributed by atoms with Crippen LogP contribution < -0.4 is 4.90 Å². The number of alkyl halides is 2. The van der Waals surface area contributed by atoms with Crippen LogP contribution in [0.5, 0.6) is 0 Å². The van der Waals surface area contributed by atoms with Crippen molar-refractivity contribution in [3.05, 3.63) is 102 Å². The number of hydrogen-bond acceptors (Lipinski definition) is 4. The van der Waals surface area contributed by atoms with Crippen molar-refractivity contribution in [1.29, 1.82) is 0 Å². The van der Waals surface area contributed by atoms with Gasteiger partial charge in [0.05, 0.1) is 17.5 Å². The van der Waals surface area contributed by atoms with Crippen LogP contribution >= 0.6 is 23.2 Å². The van der Waals surface area contributed by atoms with Gasteiger partial charge in [0.1, 0.15) is 9.75 Å². The van der Waals surface area contributed by atoms with E-state index in [4.69, 9.17) is 32.7 Å². The highest BCUT2D eigenvalue weighted by atomic mass is 35.5. The highest BCUT2D eigenvalue weighted by molar-refractivity contribution is 6.48. The number of carbonyl (C=O) groups excluding carboxylic acids is 2. The number of anilines is 1. The quantitative estimate of drug-likeness (QED) is 0.258. The molecule has 2 amide bonds. The fraction of sp³-hybridized carbons (Fsp3) is 0.241. The molecule has 3 aromatic rings. The Hall–Kier alpha value is -2.96. The molecule has 1 saturated carbocycles. The normalized spacial score (nSPS) is 30.3. The minimum Gasteiger partial charge on any atom is -0.350 e. The first-order valence-electron chi connectivity index (χ1n) is 11.7. The van der Waals surface area contributed by atoms with Gasteiger partial charge in [-0.15, -0.1) is 23.2 Å². The Kier molecular flexibility index (Phi) is 5.22. The predicted molar refractivity (Wildman–Crippen MR) is 140 cm³/mol. The van der Waals surface area contributed by atoms with Crippen LogP contribution in [0, 0.1) is 11.8 Å². The Bertz CT molecular complexity index is 1310. The molecular formula is C29H23Cl2NO4. The summed E-state index contributed by atoms with van der Waals surface area (Å²) in [5.74, 6) is -4.55. The zero-order valence-electron chi connectivity index (χ0n) is 19.7. The summed E-state index contributed by atoms with van der Waals surface area (Å²) in [6, 6.07) is 27.9. The van der Waals surface area contributed by atoms with Crippen molar-refractivity contribution in [3.63, 3.8) is 0 Å². The number of imide groups is 1. The monoisotopic (exact) mass is 519 g/mol. The number of benzene rings is 3. The number of nitrogens with zero attached hydrogens (tertiary/aromatic N) is 1. The first-order chi connectivity index (χ1) is 17.4. The van der Waals surface area contributed by atoms with E-state index in [9.17, 15) is 9.59 Å². The number of methoxy groups -OCH3 is 2. The highest BCUT2D eigenvalue weighted by Gasteiger charge is 2.89. The molecule has 0 N–H and O–H groups in total. The Morgan fingerprint density at radius 2 is 1.00 bits per heavy atom. The van der Waals surface area contributed by atoms with Crippen LogP contribution in [0.15, 0.2) is 91.0 Å². The summed E-state index contributed by atoms with van der Waals surface area (Å²) in [5, 5.41) is 0. The summed E-state index contributed by atoms with van der Waals surface area (Å²) in [7, 11) is 2.92. The lowest BCUT2D eigenvalue weighted by Crippen LogP contribution is -2.60. The molecule has 0 spiro atoms. The van der Waals surface area contributed by atoms with E-state index in [0.717, 1.165) is 11.1 Å². The van der Waals surface area contributed by atoms with Crippen molar-refractivity contribution in [2.45, 2.75) is 15.5 Å². The average Bonchev–Trinajstić information content (AvgIpc) is 3.36. The third kappa shape index (κ3) is 2.54. The largest absolute Gasteiger partial charge is 0.350 e. The zero-order chi connectivity index (χ0) is 25.3.